The number of anilines is 1. The number of ether oxygens (including phenoxy) is 1. The largest absolute Gasteiger partial charge is 0.493 e. The number of hydrogen-bond donors (Lipinski definition) is 2. The van der Waals surface area contributed by atoms with Gasteiger partial charge in [0.25, 0.3) is 5.56 Å². The van der Waals surface area contributed by atoms with Crippen molar-refractivity contribution in [1.82, 2.24) is 19.7 Å². The predicted octanol–water partition coefficient (Wildman–Crippen LogP) is 2.47. The van der Waals surface area contributed by atoms with Gasteiger partial charge >= 0.3 is 0 Å². The highest BCUT2D eigenvalue weighted by Gasteiger charge is 2.17. The second kappa shape index (κ2) is 6.99. The fourth-order valence-corrected chi connectivity index (χ4v) is 2.88. The zero-order valence-electron chi connectivity index (χ0n) is 15.2. The summed E-state index contributed by atoms with van der Waals surface area (Å²) in [5.74, 6) is 0.757. The molecule has 2 N–H and O–H groups in total. The summed E-state index contributed by atoms with van der Waals surface area (Å²) < 4.78 is 7.36. The molecule has 3 aromatic rings. The molecule has 2 aromatic heterocycles. The number of rotatable bonds is 5. The molecule has 0 aliphatic heterocycles. The van der Waals surface area contributed by atoms with Gasteiger partial charge in [0.15, 0.2) is 5.65 Å². The van der Waals surface area contributed by atoms with E-state index < -0.39 is 0 Å². The first-order valence-corrected chi connectivity index (χ1v) is 8.46. The van der Waals surface area contributed by atoms with Gasteiger partial charge in [0.1, 0.15) is 17.0 Å². The molecule has 0 spiro atoms. The molecule has 136 valence electrons. The number of H-pyrrole nitrogens is 1. The third kappa shape index (κ3) is 3.17. The molecule has 1 amide bonds. The Morgan fingerprint density at radius 3 is 2.77 bits per heavy atom. The van der Waals surface area contributed by atoms with Crippen LogP contribution in [0.15, 0.2) is 23.0 Å². The summed E-state index contributed by atoms with van der Waals surface area (Å²) >= 11 is 0. The highest BCUT2D eigenvalue weighted by molar-refractivity contribution is 5.90. The van der Waals surface area contributed by atoms with Crippen molar-refractivity contribution < 1.29 is 9.53 Å². The van der Waals surface area contributed by atoms with E-state index in [0.717, 1.165) is 0 Å². The van der Waals surface area contributed by atoms with Crippen LogP contribution in [0, 0.1) is 6.92 Å². The predicted molar refractivity (Wildman–Crippen MR) is 99.5 cm³/mol. The topological polar surface area (TPSA) is 102 Å². The molecule has 0 unspecified atom stereocenters. The second-order valence-electron chi connectivity index (χ2n) is 5.84. The molecule has 3 rings (SSSR count). The maximum absolute atomic E-state index is 12.6. The summed E-state index contributed by atoms with van der Waals surface area (Å²) in [7, 11) is 0. The van der Waals surface area contributed by atoms with E-state index in [9.17, 15) is 9.59 Å². The average Bonchev–Trinajstić information content (AvgIpc) is 2.92. The van der Waals surface area contributed by atoms with E-state index >= 15 is 0 Å². The highest BCUT2D eigenvalue weighted by Crippen LogP contribution is 2.31. The number of aromatic nitrogens is 4. The normalized spacial score (nSPS) is 10.9. The van der Waals surface area contributed by atoms with Crippen molar-refractivity contribution in [2.75, 3.05) is 11.9 Å². The molecule has 8 heteroatoms. The van der Waals surface area contributed by atoms with Crippen molar-refractivity contribution in [1.29, 1.82) is 0 Å². The molecule has 0 atom stereocenters. The lowest BCUT2D eigenvalue weighted by Crippen LogP contribution is -2.12. The van der Waals surface area contributed by atoms with Crippen LogP contribution < -0.4 is 15.6 Å². The summed E-state index contributed by atoms with van der Waals surface area (Å²) in [5, 5.41) is 7.57. The van der Waals surface area contributed by atoms with E-state index in [0.29, 0.717) is 52.7 Å². The lowest BCUT2D eigenvalue weighted by Gasteiger charge is -2.12. The van der Waals surface area contributed by atoms with Gasteiger partial charge < -0.3 is 15.0 Å². The SMILES string of the molecule is CCOc1ccc(NC(C)=O)cc1-c1nc2c(c(C)nn2CC)c(=O)[nH]1. The fraction of sp³-hybridized carbons (Fsp3) is 0.333. The number of nitrogens with zero attached hydrogens (tertiary/aromatic N) is 3. The minimum Gasteiger partial charge on any atom is -0.493 e. The maximum Gasteiger partial charge on any atom is 0.262 e. The van der Waals surface area contributed by atoms with Crippen LogP contribution in [-0.2, 0) is 11.3 Å². The number of nitrogens with one attached hydrogen (secondary N) is 2. The van der Waals surface area contributed by atoms with E-state index in [4.69, 9.17) is 4.74 Å². The maximum atomic E-state index is 12.6. The van der Waals surface area contributed by atoms with Crippen molar-refractivity contribution in [2.24, 2.45) is 0 Å². The van der Waals surface area contributed by atoms with Crippen molar-refractivity contribution in [3.8, 4) is 17.1 Å². The van der Waals surface area contributed by atoms with Crippen LogP contribution in [0.4, 0.5) is 5.69 Å². The molecule has 1 aromatic carbocycles. The number of fused-ring (bicyclic) bond motifs is 1. The van der Waals surface area contributed by atoms with E-state index in [1.54, 1.807) is 29.8 Å². The quantitative estimate of drug-likeness (QED) is 0.732. The van der Waals surface area contributed by atoms with Crippen molar-refractivity contribution in [2.45, 2.75) is 34.2 Å². The molecule has 2 heterocycles. The van der Waals surface area contributed by atoms with Crippen molar-refractivity contribution >= 4 is 22.6 Å². The summed E-state index contributed by atoms with van der Waals surface area (Å²) in [4.78, 5) is 31.4. The number of hydrogen-bond acceptors (Lipinski definition) is 5. The summed E-state index contributed by atoms with van der Waals surface area (Å²) in [5.41, 5.74) is 2.10. The van der Waals surface area contributed by atoms with Crippen LogP contribution in [0.1, 0.15) is 26.5 Å². The molecule has 0 saturated carbocycles. The number of aryl methyl sites for hydroxylation is 2. The lowest BCUT2D eigenvalue weighted by atomic mass is 10.1. The van der Waals surface area contributed by atoms with Gasteiger partial charge in [-0.1, -0.05) is 0 Å². The zero-order valence-corrected chi connectivity index (χ0v) is 15.2. The van der Waals surface area contributed by atoms with Gasteiger partial charge in [0.05, 0.1) is 17.9 Å². The van der Waals surface area contributed by atoms with E-state index in [1.165, 1.54) is 6.92 Å². The molecular weight excluding hydrogens is 334 g/mol. The van der Waals surface area contributed by atoms with Gasteiger partial charge in [0.2, 0.25) is 5.91 Å². The second-order valence-corrected chi connectivity index (χ2v) is 5.84. The Bertz CT molecular complexity index is 1040. The molecular formula is C18H21N5O3. The minimum atomic E-state index is -0.255. The van der Waals surface area contributed by atoms with Gasteiger partial charge in [-0.05, 0) is 39.0 Å². The minimum absolute atomic E-state index is 0.184. The molecule has 8 nitrogen and oxygen atoms in total. The summed E-state index contributed by atoms with van der Waals surface area (Å²) in [6.07, 6.45) is 0. The smallest absolute Gasteiger partial charge is 0.262 e. The van der Waals surface area contributed by atoms with E-state index in [2.05, 4.69) is 20.4 Å². The number of aromatic amines is 1. The first kappa shape index (κ1) is 17.7. The third-order valence-electron chi connectivity index (χ3n) is 3.93. The number of benzene rings is 1. The van der Waals surface area contributed by atoms with Crippen molar-refractivity contribution in [3.63, 3.8) is 0 Å². The highest BCUT2D eigenvalue weighted by atomic mass is 16.5. The van der Waals surface area contributed by atoms with Crippen LogP contribution in [0.25, 0.3) is 22.4 Å². The van der Waals surface area contributed by atoms with Crippen LogP contribution in [0.3, 0.4) is 0 Å². The van der Waals surface area contributed by atoms with E-state index in [1.807, 2.05) is 13.8 Å². The Hall–Kier alpha value is -3.16. The first-order valence-electron chi connectivity index (χ1n) is 8.46. The first-order chi connectivity index (χ1) is 12.4. The van der Waals surface area contributed by atoms with Gasteiger partial charge in [-0.2, -0.15) is 5.10 Å². The Kier molecular flexibility index (Phi) is 4.75. The van der Waals surface area contributed by atoms with Crippen LogP contribution >= 0.6 is 0 Å². The standard InChI is InChI=1S/C18H21N5O3/c1-5-23-17-15(10(3)22-23)18(25)21-16(20-17)13-9-12(19-11(4)24)7-8-14(13)26-6-2/h7-9H,5-6H2,1-4H3,(H,19,24)(H,20,21,25). The van der Waals surface area contributed by atoms with Crippen LogP contribution in [0.2, 0.25) is 0 Å². The van der Waals surface area contributed by atoms with Crippen LogP contribution in [-0.4, -0.2) is 32.3 Å². The van der Waals surface area contributed by atoms with Gasteiger partial charge in [-0.15, -0.1) is 0 Å². The number of carbonyl (C=O) groups is 1. The zero-order chi connectivity index (χ0) is 18.8. The molecule has 26 heavy (non-hydrogen) atoms. The molecule has 0 radical (unpaired) electrons. The van der Waals surface area contributed by atoms with Gasteiger partial charge in [-0.25, -0.2) is 9.67 Å². The molecule has 0 aliphatic rings. The lowest BCUT2D eigenvalue weighted by molar-refractivity contribution is -0.114. The van der Waals surface area contributed by atoms with Gasteiger partial charge in [0, 0.05) is 19.2 Å². The molecule has 0 fully saturated rings. The molecule has 0 saturated heterocycles. The Morgan fingerprint density at radius 2 is 2.12 bits per heavy atom. The van der Waals surface area contributed by atoms with Crippen LogP contribution in [0.5, 0.6) is 5.75 Å². The Morgan fingerprint density at radius 1 is 1.35 bits per heavy atom. The average molecular weight is 355 g/mol. The van der Waals surface area contributed by atoms with E-state index in [-0.39, 0.29) is 11.5 Å². The monoisotopic (exact) mass is 355 g/mol. The summed E-state index contributed by atoms with van der Waals surface area (Å²) in [6, 6.07) is 5.22. The number of carbonyl (C=O) groups excluding carboxylic acids is 1. The summed E-state index contributed by atoms with van der Waals surface area (Å²) in [6.45, 7) is 8.10. The Labute approximate surface area is 150 Å². The third-order valence-corrected chi connectivity index (χ3v) is 3.93. The molecule has 0 aliphatic carbocycles. The van der Waals surface area contributed by atoms with Gasteiger partial charge in [-0.3, -0.25) is 9.59 Å². The molecule has 0 bridgehead atoms. The van der Waals surface area contributed by atoms with Crippen molar-refractivity contribution in [3.05, 3.63) is 34.2 Å². The Balaban J connectivity index is 2.24. The number of amides is 1. The fourth-order valence-electron chi connectivity index (χ4n) is 2.88.